The molecule has 1 aromatic carbocycles. The zero-order chi connectivity index (χ0) is 15.7. The van der Waals surface area contributed by atoms with Crippen molar-refractivity contribution in [2.24, 2.45) is 5.92 Å². The van der Waals surface area contributed by atoms with Crippen molar-refractivity contribution in [1.82, 2.24) is 4.31 Å². The van der Waals surface area contributed by atoms with E-state index in [0.717, 1.165) is 22.9 Å². The van der Waals surface area contributed by atoms with Crippen LogP contribution in [0.1, 0.15) is 18.4 Å². The maximum atomic E-state index is 13.0. The van der Waals surface area contributed by atoms with Gasteiger partial charge in [0.15, 0.2) is 0 Å². The largest absolute Gasteiger partial charge is 0.417 e. The minimum absolute atomic E-state index is 0.0201. The third kappa shape index (κ3) is 3.52. The molecular formula is C13H15ClF3NO2S. The maximum Gasteiger partial charge on any atom is 0.417 e. The van der Waals surface area contributed by atoms with Gasteiger partial charge in [0.2, 0.25) is 10.0 Å². The van der Waals surface area contributed by atoms with E-state index in [1.807, 2.05) is 0 Å². The van der Waals surface area contributed by atoms with Crippen molar-refractivity contribution in [3.05, 3.63) is 29.8 Å². The molecule has 3 nitrogen and oxygen atoms in total. The Labute approximate surface area is 126 Å². The molecule has 1 fully saturated rings. The minimum Gasteiger partial charge on any atom is -0.207 e. The molecule has 1 heterocycles. The molecule has 0 bridgehead atoms. The Kier molecular flexibility index (Phi) is 4.85. The standard InChI is InChI=1S/C13H15ClF3NO2S/c14-8-10-4-3-7-18(9-10)21(19,20)12-6-2-1-5-11(12)13(15,16)17/h1-2,5-6,10H,3-4,7-9H2. The highest BCUT2D eigenvalue weighted by molar-refractivity contribution is 7.89. The number of alkyl halides is 4. The van der Waals surface area contributed by atoms with E-state index in [1.165, 1.54) is 12.1 Å². The first kappa shape index (κ1) is 16.6. The fraction of sp³-hybridized carbons (Fsp3) is 0.538. The summed E-state index contributed by atoms with van der Waals surface area (Å²) in [7, 11) is -4.16. The van der Waals surface area contributed by atoms with E-state index in [4.69, 9.17) is 11.6 Å². The summed E-state index contributed by atoms with van der Waals surface area (Å²) in [5.41, 5.74) is -1.13. The molecule has 0 N–H and O–H groups in total. The van der Waals surface area contributed by atoms with Crippen LogP contribution in [-0.4, -0.2) is 31.7 Å². The van der Waals surface area contributed by atoms with E-state index in [0.29, 0.717) is 12.3 Å². The lowest BCUT2D eigenvalue weighted by Crippen LogP contribution is -2.41. The Morgan fingerprint density at radius 3 is 2.57 bits per heavy atom. The fourth-order valence-electron chi connectivity index (χ4n) is 2.44. The van der Waals surface area contributed by atoms with Crippen molar-refractivity contribution in [1.29, 1.82) is 0 Å². The average molecular weight is 342 g/mol. The Morgan fingerprint density at radius 1 is 1.29 bits per heavy atom. The third-order valence-electron chi connectivity index (χ3n) is 3.51. The number of piperidine rings is 1. The first-order valence-electron chi connectivity index (χ1n) is 6.49. The zero-order valence-corrected chi connectivity index (χ0v) is 12.7. The lowest BCUT2D eigenvalue weighted by molar-refractivity contribution is -0.139. The summed E-state index contributed by atoms with van der Waals surface area (Å²) < 4.78 is 65.1. The van der Waals surface area contributed by atoms with Gasteiger partial charge < -0.3 is 0 Å². The Bertz CT molecular complexity index is 604. The van der Waals surface area contributed by atoms with Gasteiger partial charge >= 0.3 is 6.18 Å². The second-order valence-corrected chi connectivity index (χ2v) is 7.23. The molecule has 8 heteroatoms. The van der Waals surface area contributed by atoms with Gasteiger partial charge in [-0.15, -0.1) is 11.6 Å². The Hall–Kier alpha value is -0.790. The number of hydrogen-bond acceptors (Lipinski definition) is 2. The van der Waals surface area contributed by atoms with E-state index < -0.39 is 26.7 Å². The molecule has 1 atom stereocenters. The number of rotatable bonds is 3. The van der Waals surface area contributed by atoms with Gasteiger partial charge in [0.05, 0.1) is 10.5 Å². The molecule has 2 rings (SSSR count). The summed E-state index contributed by atoms with van der Waals surface area (Å²) >= 11 is 5.74. The summed E-state index contributed by atoms with van der Waals surface area (Å²) in [4.78, 5) is -0.687. The van der Waals surface area contributed by atoms with E-state index in [2.05, 4.69) is 0 Å². The number of halogens is 4. The molecule has 0 aromatic heterocycles. The summed E-state index contributed by atoms with van der Waals surface area (Å²) in [5, 5.41) is 0. The van der Waals surface area contributed by atoms with Crippen molar-refractivity contribution < 1.29 is 21.6 Å². The van der Waals surface area contributed by atoms with Crippen LogP contribution in [0.3, 0.4) is 0 Å². The van der Waals surface area contributed by atoms with Crippen molar-refractivity contribution in [3.8, 4) is 0 Å². The Morgan fingerprint density at radius 2 is 1.95 bits per heavy atom. The van der Waals surface area contributed by atoms with Crippen molar-refractivity contribution in [3.63, 3.8) is 0 Å². The van der Waals surface area contributed by atoms with Gasteiger partial charge in [-0.05, 0) is 30.9 Å². The lowest BCUT2D eigenvalue weighted by Gasteiger charge is -2.31. The topological polar surface area (TPSA) is 37.4 Å². The summed E-state index contributed by atoms with van der Waals surface area (Å²) in [5.74, 6) is 0.278. The van der Waals surface area contributed by atoms with E-state index in [9.17, 15) is 21.6 Å². The van der Waals surface area contributed by atoms with E-state index in [1.54, 1.807) is 0 Å². The Balaban J connectivity index is 2.41. The summed E-state index contributed by atoms with van der Waals surface area (Å²) in [6, 6.07) is 4.27. The van der Waals surface area contributed by atoms with Crippen LogP contribution in [0.2, 0.25) is 0 Å². The van der Waals surface area contributed by atoms with Crippen LogP contribution in [-0.2, 0) is 16.2 Å². The lowest BCUT2D eigenvalue weighted by atomic mass is 10.0. The molecule has 118 valence electrons. The SMILES string of the molecule is O=S(=O)(c1ccccc1C(F)(F)F)N1CCCC(CCl)C1. The van der Waals surface area contributed by atoms with Gasteiger partial charge in [-0.3, -0.25) is 0 Å². The monoisotopic (exact) mass is 341 g/mol. The molecule has 1 aliphatic heterocycles. The maximum absolute atomic E-state index is 13.0. The molecule has 0 aliphatic carbocycles. The van der Waals surface area contributed by atoms with Crippen LogP contribution in [0.25, 0.3) is 0 Å². The van der Waals surface area contributed by atoms with Crippen LogP contribution in [0.4, 0.5) is 13.2 Å². The molecule has 1 aromatic rings. The van der Waals surface area contributed by atoms with Gasteiger partial charge in [-0.25, -0.2) is 8.42 Å². The van der Waals surface area contributed by atoms with Crippen LogP contribution < -0.4 is 0 Å². The van der Waals surface area contributed by atoms with Crippen LogP contribution in [0, 0.1) is 5.92 Å². The molecule has 0 amide bonds. The molecule has 1 unspecified atom stereocenters. The molecule has 0 saturated carbocycles. The predicted molar refractivity (Wildman–Crippen MR) is 73.6 cm³/mol. The third-order valence-corrected chi connectivity index (χ3v) is 5.87. The zero-order valence-electron chi connectivity index (χ0n) is 11.1. The second kappa shape index (κ2) is 6.14. The first-order valence-corrected chi connectivity index (χ1v) is 8.46. The van der Waals surface area contributed by atoms with Crippen molar-refractivity contribution >= 4 is 21.6 Å². The summed E-state index contributed by atoms with van der Waals surface area (Å²) in [6.45, 7) is 0.389. The normalized spacial score (nSPS) is 21.4. The number of sulfonamides is 1. The quantitative estimate of drug-likeness (QED) is 0.791. The predicted octanol–water partition coefficient (Wildman–Crippen LogP) is 3.34. The van der Waals surface area contributed by atoms with E-state index >= 15 is 0 Å². The molecule has 0 spiro atoms. The highest BCUT2D eigenvalue weighted by Gasteiger charge is 2.39. The number of hydrogen-bond donors (Lipinski definition) is 0. The van der Waals surface area contributed by atoms with Gasteiger partial charge in [-0.1, -0.05) is 12.1 Å². The van der Waals surface area contributed by atoms with Crippen LogP contribution >= 0.6 is 11.6 Å². The van der Waals surface area contributed by atoms with Crippen molar-refractivity contribution in [2.45, 2.75) is 23.9 Å². The number of nitrogens with zero attached hydrogens (tertiary/aromatic N) is 1. The molecule has 0 radical (unpaired) electrons. The average Bonchev–Trinajstić information content (AvgIpc) is 2.46. The number of benzene rings is 1. The molecule has 1 saturated heterocycles. The summed E-state index contributed by atoms with van der Waals surface area (Å²) in [6.07, 6.45) is -3.31. The van der Waals surface area contributed by atoms with Crippen LogP contribution in [0.15, 0.2) is 29.2 Å². The molecule has 21 heavy (non-hydrogen) atoms. The minimum atomic E-state index is -4.70. The second-order valence-electron chi connectivity index (χ2n) is 5.02. The first-order chi connectivity index (χ1) is 9.76. The smallest absolute Gasteiger partial charge is 0.207 e. The van der Waals surface area contributed by atoms with Gasteiger partial charge in [0, 0.05) is 19.0 Å². The van der Waals surface area contributed by atoms with Gasteiger partial charge in [0.1, 0.15) is 0 Å². The molecule has 1 aliphatic rings. The fourth-order valence-corrected chi connectivity index (χ4v) is 4.45. The van der Waals surface area contributed by atoms with Gasteiger partial charge in [0.25, 0.3) is 0 Å². The van der Waals surface area contributed by atoms with Gasteiger partial charge in [-0.2, -0.15) is 17.5 Å². The van der Waals surface area contributed by atoms with Crippen LogP contribution in [0.5, 0.6) is 0 Å². The van der Waals surface area contributed by atoms with Crippen molar-refractivity contribution in [2.75, 3.05) is 19.0 Å². The highest BCUT2D eigenvalue weighted by atomic mass is 35.5. The highest BCUT2D eigenvalue weighted by Crippen LogP contribution is 2.36. The van der Waals surface area contributed by atoms with E-state index in [-0.39, 0.29) is 19.0 Å². The molecular weight excluding hydrogens is 327 g/mol.